The number of hydrogen-bond donors (Lipinski definition) is 4. The summed E-state index contributed by atoms with van der Waals surface area (Å²) in [4.78, 5) is 34.3. The molecule has 9 heteroatoms. The van der Waals surface area contributed by atoms with E-state index >= 15 is 0 Å². The number of nitrogens with one attached hydrogen (secondary N) is 4. The van der Waals surface area contributed by atoms with Crippen molar-refractivity contribution >= 4 is 47.3 Å². The van der Waals surface area contributed by atoms with E-state index in [1.165, 1.54) is 0 Å². The lowest BCUT2D eigenvalue weighted by molar-refractivity contribution is 0.101. The number of rotatable bonds is 6. The van der Waals surface area contributed by atoms with Crippen LogP contribution in [-0.2, 0) is 0 Å². The summed E-state index contributed by atoms with van der Waals surface area (Å²) in [5.41, 5.74) is 4.33. The topological polar surface area (TPSA) is 107 Å². The van der Waals surface area contributed by atoms with Gasteiger partial charge < -0.3 is 21.3 Å². The quantitative estimate of drug-likeness (QED) is 0.396. The number of amidine groups is 2. The van der Waals surface area contributed by atoms with Crippen LogP contribution < -0.4 is 21.3 Å². The Kier molecular flexibility index (Phi) is 8.53. The van der Waals surface area contributed by atoms with Crippen LogP contribution >= 0.6 is 12.4 Å². The molecular weight excluding hydrogens is 488 g/mol. The third-order valence-electron chi connectivity index (χ3n) is 6.04. The maximum Gasteiger partial charge on any atom is 0.255 e. The van der Waals surface area contributed by atoms with E-state index in [2.05, 4.69) is 31.3 Å². The number of amides is 2. The molecule has 0 unspecified atom stereocenters. The predicted molar refractivity (Wildman–Crippen MR) is 151 cm³/mol. The molecule has 0 spiro atoms. The summed E-state index contributed by atoms with van der Waals surface area (Å²) in [7, 11) is 0. The average Bonchev–Trinajstić information content (AvgIpc) is 2.95. The molecule has 0 saturated carbocycles. The first-order valence-electron chi connectivity index (χ1n) is 12.2. The van der Waals surface area contributed by atoms with Gasteiger partial charge >= 0.3 is 0 Å². The summed E-state index contributed by atoms with van der Waals surface area (Å²) in [5.74, 6) is 1.30. The molecule has 37 heavy (non-hydrogen) atoms. The van der Waals surface area contributed by atoms with Crippen molar-refractivity contribution in [2.24, 2.45) is 9.98 Å². The molecule has 0 aliphatic carbocycles. The predicted octanol–water partition coefficient (Wildman–Crippen LogP) is 4.09. The second-order valence-corrected chi connectivity index (χ2v) is 8.66. The molecule has 4 N–H and O–H groups in total. The number of aliphatic imine (C=N–C) groups is 2. The Bertz CT molecular complexity index is 1200. The first-order valence-corrected chi connectivity index (χ1v) is 12.2. The normalized spacial score (nSPS) is 14.6. The summed E-state index contributed by atoms with van der Waals surface area (Å²) in [6.07, 6.45) is 2.08. The zero-order valence-electron chi connectivity index (χ0n) is 20.3. The minimum atomic E-state index is -0.238. The second kappa shape index (κ2) is 12.2. The molecule has 0 fully saturated rings. The molecule has 2 heterocycles. The number of nitrogens with zero attached hydrogens (tertiary/aromatic N) is 2. The molecule has 2 amide bonds. The fourth-order valence-corrected chi connectivity index (χ4v) is 4.05. The zero-order valence-corrected chi connectivity index (χ0v) is 21.1. The Hall–Kier alpha value is -4.17. The van der Waals surface area contributed by atoms with Gasteiger partial charge in [-0.1, -0.05) is 0 Å². The van der Waals surface area contributed by atoms with Gasteiger partial charge in [-0.05, 0) is 85.6 Å². The summed E-state index contributed by atoms with van der Waals surface area (Å²) >= 11 is 0. The van der Waals surface area contributed by atoms with Crippen molar-refractivity contribution in [2.45, 2.75) is 12.8 Å². The fourth-order valence-electron chi connectivity index (χ4n) is 4.05. The Morgan fingerprint density at radius 2 is 0.973 bits per heavy atom. The maximum atomic E-state index is 12.7. The van der Waals surface area contributed by atoms with Gasteiger partial charge in [-0.3, -0.25) is 19.6 Å². The van der Waals surface area contributed by atoms with Gasteiger partial charge in [0, 0.05) is 59.8 Å². The number of anilines is 2. The number of benzene rings is 3. The molecular formula is C28H29ClN6O2. The van der Waals surface area contributed by atoms with Crippen LogP contribution in [0.1, 0.15) is 44.7 Å². The molecule has 0 aromatic heterocycles. The number of halogens is 1. The highest BCUT2D eigenvalue weighted by Crippen LogP contribution is 2.15. The van der Waals surface area contributed by atoms with E-state index in [0.717, 1.165) is 61.8 Å². The Morgan fingerprint density at radius 3 is 1.30 bits per heavy atom. The lowest BCUT2D eigenvalue weighted by Gasteiger charge is -2.15. The van der Waals surface area contributed by atoms with Gasteiger partial charge in [0.05, 0.1) is 0 Å². The molecule has 3 aromatic rings. The molecule has 2 aliphatic rings. The van der Waals surface area contributed by atoms with E-state index < -0.39 is 0 Å². The van der Waals surface area contributed by atoms with Crippen LogP contribution in [0.5, 0.6) is 0 Å². The highest BCUT2D eigenvalue weighted by atomic mass is 35.5. The van der Waals surface area contributed by atoms with E-state index in [-0.39, 0.29) is 24.2 Å². The molecule has 190 valence electrons. The van der Waals surface area contributed by atoms with Gasteiger partial charge in [0.25, 0.3) is 11.8 Å². The SMILES string of the molecule is Cl.O=C(Nc1ccc(C2=NCCCN2)cc1)c1ccc(C(=O)Nc2ccc(C3=NCCCN3)cc2)cc1. The first kappa shape index (κ1) is 25.9. The molecule has 5 rings (SSSR count). The third-order valence-corrected chi connectivity index (χ3v) is 6.04. The van der Waals surface area contributed by atoms with Gasteiger partial charge in [0.1, 0.15) is 11.7 Å². The standard InChI is InChI=1S/C28H28N6O2.ClH/c35-27(33-23-11-7-19(8-12-23)25-29-15-1-16-30-25)21-3-5-22(6-4-21)28(36)34-24-13-9-20(10-14-24)26-31-17-2-18-32-26;/h3-14H,1-2,15-18H2,(H,29,30)(H,31,32)(H,33,35)(H,34,36);1H. The van der Waals surface area contributed by atoms with Crippen molar-refractivity contribution in [3.05, 3.63) is 95.1 Å². The van der Waals surface area contributed by atoms with Crippen molar-refractivity contribution < 1.29 is 9.59 Å². The van der Waals surface area contributed by atoms with Gasteiger partial charge in [-0.15, -0.1) is 12.4 Å². The van der Waals surface area contributed by atoms with Gasteiger partial charge in [-0.25, -0.2) is 0 Å². The smallest absolute Gasteiger partial charge is 0.255 e. The Balaban J connectivity index is 0.00000320. The van der Waals surface area contributed by atoms with E-state index in [0.29, 0.717) is 22.5 Å². The van der Waals surface area contributed by atoms with E-state index in [1.54, 1.807) is 24.3 Å². The highest BCUT2D eigenvalue weighted by Gasteiger charge is 2.12. The fraction of sp³-hybridized carbons (Fsp3) is 0.214. The number of carbonyl (C=O) groups excluding carboxylic acids is 2. The van der Waals surface area contributed by atoms with Crippen molar-refractivity contribution in [2.75, 3.05) is 36.8 Å². The zero-order chi connectivity index (χ0) is 24.7. The lowest BCUT2D eigenvalue weighted by atomic mass is 10.1. The molecule has 2 aliphatic heterocycles. The average molecular weight is 517 g/mol. The van der Waals surface area contributed by atoms with Crippen molar-refractivity contribution in [3.63, 3.8) is 0 Å². The summed E-state index contributed by atoms with van der Waals surface area (Å²) in [6, 6.07) is 21.8. The second-order valence-electron chi connectivity index (χ2n) is 8.66. The van der Waals surface area contributed by atoms with Crippen LogP contribution in [0, 0.1) is 0 Å². The Morgan fingerprint density at radius 1 is 0.595 bits per heavy atom. The molecule has 3 aromatic carbocycles. The first-order chi connectivity index (χ1) is 17.7. The van der Waals surface area contributed by atoms with Crippen LogP contribution in [0.2, 0.25) is 0 Å². The van der Waals surface area contributed by atoms with Crippen LogP contribution in [-0.4, -0.2) is 49.7 Å². The van der Waals surface area contributed by atoms with Crippen LogP contribution in [0.3, 0.4) is 0 Å². The number of carbonyl (C=O) groups is 2. The van der Waals surface area contributed by atoms with Crippen molar-refractivity contribution in [1.29, 1.82) is 0 Å². The monoisotopic (exact) mass is 516 g/mol. The van der Waals surface area contributed by atoms with E-state index in [4.69, 9.17) is 0 Å². The number of hydrogen-bond acceptors (Lipinski definition) is 6. The van der Waals surface area contributed by atoms with Crippen LogP contribution in [0.15, 0.2) is 82.8 Å². The lowest BCUT2D eigenvalue weighted by Crippen LogP contribution is -2.30. The van der Waals surface area contributed by atoms with Crippen molar-refractivity contribution in [3.8, 4) is 0 Å². The molecule has 0 atom stereocenters. The molecule has 0 saturated heterocycles. The van der Waals surface area contributed by atoms with Gasteiger partial charge in [0.2, 0.25) is 0 Å². The van der Waals surface area contributed by atoms with Gasteiger partial charge in [0.15, 0.2) is 0 Å². The van der Waals surface area contributed by atoms with Gasteiger partial charge in [-0.2, -0.15) is 0 Å². The molecule has 8 nitrogen and oxygen atoms in total. The third kappa shape index (κ3) is 6.54. The molecule has 0 radical (unpaired) electrons. The summed E-state index contributed by atoms with van der Waals surface area (Å²) in [6.45, 7) is 3.50. The Labute approximate surface area is 222 Å². The molecule has 0 bridgehead atoms. The van der Waals surface area contributed by atoms with E-state index in [1.807, 2.05) is 48.5 Å². The highest BCUT2D eigenvalue weighted by molar-refractivity contribution is 6.07. The van der Waals surface area contributed by atoms with Crippen LogP contribution in [0.25, 0.3) is 0 Å². The minimum absolute atomic E-state index is 0. The van der Waals surface area contributed by atoms with E-state index in [9.17, 15) is 9.59 Å². The van der Waals surface area contributed by atoms with Crippen LogP contribution in [0.4, 0.5) is 11.4 Å². The van der Waals surface area contributed by atoms with Crippen molar-refractivity contribution in [1.82, 2.24) is 10.6 Å². The summed E-state index contributed by atoms with van der Waals surface area (Å²) in [5, 5.41) is 12.4. The minimum Gasteiger partial charge on any atom is -0.370 e. The largest absolute Gasteiger partial charge is 0.370 e. The maximum absolute atomic E-state index is 12.7. The summed E-state index contributed by atoms with van der Waals surface area (Å²) < 4.78 is 0.